The molecule has 7 heteroatoms. The van der Waals surface area contributed by atoms with Crippen LogP contribution in [-0.4, -0.2) is 15.9 Å². The van der Waals surface area contributed by atoms with Crippen molar-refractivity contribution in [2.45, 2.75) is 19.4 Å². The topological polar surface area (TPSA) is 94.3 Å². The summed E-state index contributed by atoms with van der Waals surface area (Å²) in [5.74, 6) is 0.845. The minimum atomic E-state index is -0.471. The molecule has 0 spiro atoms. The maximum Gasteiger partial charge on any atom is 0.298 e. The van der Waals surface area contributed by atoms with Crippen LogP contribution in [0.5, 0.6) is 0 Å². The molecule has 0 bridgehead atoms. The lowest BCUT2D eigenvalue weighted by Crippen LogP contribution is -2.17. The van der Waals surface area contributed by atoms with Crippen LogP contribution in [0.1, 0.15) is 12.7 Å². The minimum Gasteiger partial charge on any atom is -0.469 e. The first-order valence-electron chi connectivity index (χ1n) is 6.46. The van der Waals surface area contributed by atoms with Gasteiger partial charge in [-0.2, -0.15) is 4.98 Å². The summed E-state index contributed by atoms with van der Waals surface area (Å²) in [6.07, 6.45) is 2.28. The SMILES string of the molecule is CC(Cc1ccco1)Nc1nc2c([N+](=O)[O-])cccc2o1. The van der Waals surface area contributed by atoms with Crippen LogP contribution in [-0.2, 0) is 6.42 Å². The number of non-ortho nitro benzene ring substituents is 1. The molecule has 3 aromatic rings. The second-order valence-electron chi connectivity index (χ2n) is 4.73. The van der Waals surface area contributed by atoms with Gasteiger partial charge in [0.2, 0.25) is 0 Å². The monoisotopic (exact) mass is 287 g/mol. The van der Waals surface area contributed by atoms with E-state index in [-0.39, 0.29) is 23.3 Å². The number of benzene rings is 1. The lowest BCUT2D eigenvalue weighted by Gasteiger charge is -2.09. The van der Waals surface area contributed by atoms with E-state index in [1.165, 1.54) is 6.07 Å². The molecule has 0 aliphatic rings. The molecule has 2 aromatic heterocycles. The molecule has 0 saturated carbocycles. The number of nitrogens with one attached hydrogen (secondary N) is 1. The second kappa shape index (κ2) is 5.28. The Hall–Kier alpha value is -2.83. The van der Waals surface area contributed by atoms with E-state index < -0.39 is 4.92 Å². The molecule has 7 nitrogen and oxygen atoms in total. The van der Waals surface area contributed by atoms with Crippen molar-refractivity contribution in [3.63, 3.8) is 0 Å². The van der Waals surface area contributed by atoms with E-state index in [0.717, 1.165) is 5.76 Å². The van der Waals surface area contributed by atoms with Crippen molar-refractivity contribution in [1.82, 2.24) is 4.98 Å². The first kappa shape index (κ1) is 13.2. The van der Waals surface area contributed by atoms with E-state index in [1.54, 1.807) is 18.4 Å². The van der Waals surface area contributed by atoms with Gasteiger partial charge in [-0.25, -0.2) is 0 Å². The van der Waals surface area contributed by atoms with Gasteiger partial charge in [0.25, 0.3) is 11.7 Å². The summed E-state index contributed by atoms with van der Waals surface area (Å²) in [5, 5.41) is 14.0. The first-order valence-corrected chi connectivity index (χ1v) is 6.46. The molecule has 1 atom stereocenters. The first-order chi connectivity index (χ1) is 10.1. The van der Waals surface area contributed by atoms with Gasteiger partial charge in [-0.05, 0) is 25.1 Å². The van der Waals surface area contributed by atoms with Gasteiger partial charge in [-0.3, -0.25) is 10.1 Å². The number of hydrogen-bond acceptors (Lipinski definition) is 6. The van der Waals surface area contributed by atoms with E-state index in [1.807, 2.05) is 19.1 Å². The fraction of sp³-hybridized carbons (Fsp3) is 0.214. The number of oxazole rings is 1. The summed E-state index contributed by atoms with van der Waals surface area (Å²) in [6, 6.07) is 8.61. The number of anilines is 1. The summed E-state index contributed by atoms with van der Waals surface area (Å²) in [6.45, 7) is 1.95. The summed E-state index contributed by atoms with van der Waals surface area (Å²) in [7, 11) is 0. The Bertz CT molecular complexity index is 764. The van der Waals surface area contributed by atoms with Gasteiger partial charge in [-0.15, -0.1) is 0 Å². The number of nitro groups is 1. The fourth-order valence-corrected chi connectivity index (χ4v) is 2.14. The van der Waals surface area contributed by atoms with Crippen molar-refractivity contribution in [3.05, 3.63) is 52.5 Å². The van der Waals surface area contributed by atoms with Crippen molar-refractivity contribution in [1.29, 1.82) is 0 Å². The molecule has 0 aliphatic carbocycles. The number of para-hydroxylation sites is 1. The molecule has 0 radical (unpaired) electrons. The molecule has 0 aliphatic heterocycles. The number of hydrogen-bond donors (Lipinski definition) is 1. The molecule has 1 N–H and O–H groups in total. The van der Waals surface area contributed by atoms with Gasteiger partial charge in [0.15, 0.2) is 11.1 Å². The minimum absolute atomic E-state index is 0.0169. The number of nitro benzene ring substituents is 1. The predicted molar refractivity (Wildman–Crippen MR) is 76.2 cm³/mol. The average molecular weight is 287 g/mol. The normalized spacial score (nSPS) is 12.4. The van der Waals surface area contributed by atoms with Crippen LogP contribution in [0.3, 0.4) is 0 Å². The number of aromatic nitrogens is 1. The lowest BCUT2D eigenvalue weighted by atomic mass is 10.2. The van der Waals surface area contributed by atoms with Crippen LogP contribution in [0.2, 0.25) is 0 Å². The molecule has 108 valence electrons. The maximum absolute atomic E-state index is 10.9. The van der Waals surface area contributed by atoms with E-state index in [0.29, 0.717) is 12.0 Å². The summed E-state index contributed by atoms with van der Waals surface area (Å²) in [5.41, 5.74) is 0.565. The number of nitrogens with zero attached hydrogens (tertiary/aromatic N) is 2. The standard InChI is InChI=1S/C14H13N3O4/c1-9(8-10-4-3-7-20-10)15-14-16-13-11(17(18)19)5-2-6-12(13)21-14/h2-7,9H,8H2,1H3,(H,15,16). The van der Waals surface area contributed by atoms with Crippen LogP contribution >= 0.6 is 0 Å². The average Bonchev–Trinajstić information content (AvgIpc) is 3.06. The van der Waals surface area contributed by atoms with E-state index >= 15 is 0 Å². The van der Waals surface area contributed by atoms with Gasteiger partial charge in [0.1, 0.15) is 5.76 Å². The maximum atomic E-state index is 10.9. The Morgan fingerprint density at radius 2 is 2.24 bits per heavy atom. The van der Waals surface area contributed by atoms with Crippen molar-refractivity contribution < 1.29 is 13.8 Å². The smallest absolute Gasteiger partial charge is 0.298 e. The Morgan fingerprint density at radius 3 is 2.95 bits per heavy atom. The van der Waals surface area contributed by atoms with Gasteiger partial charge < -0.3 is 14.2 Å². The molecule has 1 aromatic carbocycles. The third-order valence-electron chi connectivity index (χ3n) is 3.05. The Kier molecular flexibility index (Phi) is 3.31. The second-order valence-corrected chi connectivity index (χ2v) is 4.73. The largest absolute Gasteiger partial charge is 0.469 e. The van der Waals surface area contributed by atoms with Crippen LogP contribution in [0.4, 0.5) is 11.7 Å². The van der Waals surface area contributed by atoms with Crippen LogP contribution in [0.25, 0.3) is 11.1 Å². The Morgan fingerprint density at radius 1 is 1.38 bits per heavy atom. The highest BCUT2D eigenvalue weighted by atomic mass is 16.6. The highest BCUT2D eigenvalue weighted by Crippen LogP contribution is 2.27. The molecule has 3 rings (SSSR count). The fourth-order valence-electron chi connectivity index (χ4n) is 2.14. The van der Waals surface area contributed by atoms with Gasteiger partial charge in [0.05, 0.1) is 11.2 Å². The highest BCUT2D eigenvalue weighted by molar-refractivity contribution is 5.84. The molecular weight excluding hydrogens is 274 g/mol. The molecule has 0 fully saturated rings. The Labute approximate surface area is 119 Å². The predicted octanol–water partition coefficient (Wildman–Crippen LogP) is 3.37. The summed E-state index contributed by atoms with van der Waals surface area (Å²) >= 11 is 0. The van der Waals surface area contributed by atoms with Crippen LogP contribution in [0.15, 0.2) is 45.4 Å². The quantitative estimate of drug-likeness (QED) is 0.571. The van der Waals surface area contributed by atoms with Gasteiger partial charge in [0, 0.05) is 18.5 Å². The van der Waals surface area contributed by atoms with Crippen LogP contribution < -0.4 is 5.32 Å². The molecule has 2 heterocycles. The zero-order valence-corrected chi connectivity index (χ0v) is 11.3. The summed E-state index contributed by atoms with van der Waals surface area (Å²) in [4.78, 5) is 14.6. The number of rotatable bonds is 5. The third-order valence-corrected chi connectivity index (χ3v) is 3.05. The Balaban J connectivity index is 1.81. The van der Waals surface area contributed by atoms with E-state index in [4.69, 9.17) is 8.83 Å². The van der Waals surface area contributed by atoms with Crippen molar-refractivity contribution >= 4 is 22.8 Å². The van der Waals surface area contributed by atoms with Crippen LogP contribution in [0, 0.1) is 10.1 Å². The number of furan rings is 1. The van der Waals surface area contributed by atoms with E-state index in [9.17, 15) is 10.1 Å². The molecule has 0 amide bonds. The zero-order chi connectivity index (χ0) is 14.8. The lowest BCUT2D eigenvalue weighted by molar-refractivity contribution is -0.383. The van der Waals surface area contributed by atoms with Crippen molar-refractivity contribution in [3.8, 4) is 0 Å². The van der Waals surface area contributed by atoms with Crippen molar-refractivity contribution in [2.24, 2.45) is 0 Å². The molecule has 1 unspecified atom stereocenters. The number of fused-ring (bicyclic) bond motifs is 1. The van der Waals surface area contributed by atoms with Crippen molar-refractivity contribution in [2.75, 3.05) is 5.32 Å². The highest BCUT2D eigenvalue weighted by Gasteiger charge is 2.18. The molecule has 0 saturated heterocycles. The van der Waals surface area contributed by atoms with Gasteiger partial charge in [-0.1, -0.05) is 6.07 Å². The zero-order valence-electron chi connectivity index (χ0n) is 11.3. The molecular formula is C14H13N3O4. The molecule has 21 heavy (non-hydrogen) atoms. The van der Waals surface area contributed by atoms with Gasteiger partial charge >= 0.3 is 0 Å². The van der Waals surface area contributed by atoms with E-state index in [2.05, 4.69) is 10.3 Å². The summed E-state index contributed by atoms with van der Waals surface area (Å²) < 4.78 is 10.8. The third kappa shape index (κ3) is 2.71.